The van der Waals surface area contributed by atoms with E-state index in [2.05, 4.69) is 9.88 Å². The average molecular weight is 349 g/mol. The third kappa shape index (κ3) is 2.95. The van der Waals surface area contributed by atoms with E-state index in [1.807, 2.05) is 21.9 Å². The topological polar surface area (TPSA) is 56.8 Å². The number of pyridine rings is 1. The number of likely N-dealkylation sites (tertiary alicyclic amines) is 1. The summed E-state index contributed by atoms with van der Waals surface area (Å²) in [6.45, 7) is 3.35. The van der Waals surface area contributed by atoms with Crippen molar-refractivity contribution in [2.24, 2.45) is 5.92 Å². The van der Waals surface area contributed by atoms with Crippen LogP contribution in [0.25, 0.3) is 0 Å². The normalized spacial score (nSPS) is 24.6. The molecule has 1 saturated carbocycles. The second-order valence-corrected chi connectivity index (χ2v) is 7.21. The molecule has 1 aromatic heterocycles. The minimum atomic E-state index is -0.164. The van der Waals surface area contributed by atoms with Crippen LogP contribution in [-0.2, 0) is 9.59 Å². The molecule has 0 unspecified atom stereocenters. The summed E-state index contributed by atoms with van der Waals surface area (Å²) in [7, 11) is 0. The fourth-order valence-electron chi connectivity index (χ4n) is 3.64. The van der Waals surface area contributed by atoms with Crippen LogP contribution in [0.2, 0.25) is 5.02 Å². The van der Waals surface area contributed by atoms with Gasteiger partial charge in [-0.2, -0.15) is 0 Å². The van der Waals surface area contributed by atoms with Crippen molar-refractivity contribution in [1.29, 1.82) is 0 Å². The van der Waals surface area contributed by atoms with Gasteiger partial charge in [0.2, 0.25) is 11.8 Å². The number of halogens is 1. The average Bonchev–Trinajstić information content (AvgIpc) is 3.37. The number of anilines is 1. The predicted octanol–water partition coefficient (Wildman–Crippen LogP) is 1.39. The van der Waals surface area contributed by atoms with Crippen LogP contribution < -0.4 is 4.90 Å². The molecular weight excluding hydrogens is 328 g/mol. The van der Waals surface area contributed by atoms with Gasteiger partial charge in [0, 0.05) is 51.4 Å². The molecule has 4 rings (SSSR count). The quantitative estimate of drug-likeness (QED) is 0.828. The second-order valence-electron chi connectivity index (χ2n) is 6.80. The molecule has 3 aliphatic rings. The van der Waals surface area contributed by atoms with E-state index in [1.54, 1.807) is 6.20 Å². The van der Waals surface area contributed by atoms with Gasteiger partial charge in [-0.05, 0) is 25.0 Å². The number of carbonyl (C=O) groups is 2. The summed E-state index contributed by atoms with van der Waals surface area (Å²) in [6, 6.07) is 4.05. The van der Waals surface area contributed by atoms with Crippen LogP contribution in [0.3, 0.4) is 0 Å². The third-order valence-electron chi connectivity index (χ3n) is 5.13. The zero-order valence-corrected chi connectivity index (χ0v) is 14.3. The molecule has 0 bridgehead atoms. The van der Waals surface area contributed by atoms with E-state index in [4.69, 9.17) is 11.6 Å². The highest BCUT2D eigenvalue weighted by atomic mass is 35.5. The van der Waals surface area contributed by atoms with E-state index >= 15 is 0 Å². The lowest BCUT2D eigenvalue weighted by Crippen LogP contribution is -2.51. The van der Waals surface area contributed by atoms with Gasteiger partial charge in [-0.1, -0.05) is 11.6 Å². The summed E-state index contributed by atoms with van der Waals surface area (Å²) >= 11 is 6.20. The maximum Gasteiger partial charge on any atom is 0.228 e. The molecule has 2 amide bonds. The molecule has 1 aliphatic carbocycles. The number of nitrogens with zero attached hydrogens (tertiary/aromatic N) is 4. The van der Waals surface area contributed by atoms with Gasteiger partial charge >= 0.3 is 0 Å². The van der Waals surface area contributed by atoms with Crippen LogP contribution in [-0.4, -0.2) is 65.4 Å². The highest BCUT2D eigenvalue weighted by Gasteiger charge is 2.43. The van der Waals surface area contributed by atoms with E-state index in [-0.39, 0.29) is 17.7 Å². The van der Waals surface area contributed by atoms with E-state index < -0.39 is 0 Å². The van der Waals surface area contributed by atoms with E-state index in [0.717, 1.165) is 31.7 Å². The standard InChI is InChI=1S/C17H21ClN4O2/c18-14-2-1-5-19-16(14)20-6-8-21(9-7-20)17(24)12-10-15(23)22(11-12)13-3-4-13/h1-2,5,12-13H,3-4,6-11H2/t12-/m1/s1. The smallest absolute Gasteiger partial charge is 0.228 e. The minimum absolute atomic E-state index is 0.123. The Labute approximate surface area is 146 Å². The molecule has 2 aliphatic heterocycles. The van der Waals surface area contributed by atoms with Crippen molar-refractivity contribution in [2.45, 2.75) is 25.3 Å². The molecule has 0 aromatic carbocycles. The molecule has 1 atom stereocenters. The summed E-state index contributed by atoms with van der Waals surface area (Å²) in [6.07, 6.45) is 4.29. The molecule has 3 fully saturated rings. The minimum Gasteiger partial charge on any atom is -0.352 e. The fourth-order valence-corrected chi connectivity index (χ4v) is 3.88. The number of piperazine rings is 1. The summed E-state index contributed by atoms with van der Waals surface area (Å²) in [5, 5.41) is 0.638. The van der Waals surface area contributed by atoms with Gasteiger partial charge in [0.15, 0.2) is 0 Å². The number of amides is 2. The monoisotopic (exact) mass is 348 g/mol. The van der Waals surface area contributed by atoms with Crippen molar-refractivity contribution in [3.05, 3.63) is 23.4 Å². The number of hydrogen-bond acceptors (Lipinski definition) is 4. The lowest BCUT2D eigenvalue weighted by Gasteiger charge is -2.36. The fraction of sp³-hybridized carbons (Fsp3) is 0.588. The van der Waals surface area contributed by atoms with Crippen molar-refractivity contribution in [3.8, 4) is 0 Å². The molecule has 3 heterocycles. The molecule has 7 heteroatoms. The highest BCUT2D eigenvalue weighted by Crippen LogP contribution is 2.33. The van der Waals surface area contributed by atoms with Crippen LogP contribution in [0.4, 0.5) is 5.82 Å². The molecule has 1 aromatic rings. The number of rotatable bonds is 3. The SMILES string of the molecule is O=C([C@@H]1CC(=O)N(C2CC2)C1)N1CCN(c2ncccc2Cl)CC1. The Kier molecular flexibility index (Phi) is 4.08. The largest absolute Gasteiger partial charge is 0.352 e. The molecular formula is C17H21ClN4O2. The van der Waals surface area contributed by atoms with Gasteiger partial charge in [0.25, 0.3) is 0 Å². The molecule has 2 saturated heterocycles. The lowest BCUT2D eigenvalue weighted by molar-refractivity contribution is -0.136. The van der Waals surface area contributed by atoms with Gasteiger partial charge < -0.3 is 14.7 Å². The summed E-state index contributed by atoms with van der Waals surface area (Å²) in [4.78, 5) is 35.0. The van der Waals surface area contributed by atoms with E-state index in [0.29, 0.717) is 37.1 Å². The van der Waals surface area contributed by atoms with Gasteiger partial charge in [-0.25, -0.2) is 4.98 Å². The van der Waals surface area contributed by atoms with Crippen LogP contribution in [0, 0.1) is 5.92 Å². The first kappa shape index (κ1) is 15.7. The van der Waals surface area contributed by atoms with E-state index in [9.17, 15) is 9.59 Å². The Hall–Kier alpha value is -1.82. The van der Waals surface area contributed by atoms with Gasteiger partial charge in [0.1, 0.15) is 5.82 Å². The predicted molar refractivity (Wildman–Crippen MR) is 90.9 cm³/mol. The summed E-state index contributed by atoms with van der Waals surface area (Å²) in [5.41, 5.74) is 0. The number of aromatic nitrogens is 1. The van der Waals surface area contributed by atoms with Gasteiger partial charge in [-0.3, -0.25) is 9.59 Å². The first-order chi connectivity index (χ1) is 11.6. The zero-order valence-electron chi connectivity index (χ0n) is 13.5. The Bertz CT molecular complexity index is 656. The van der Waals surface area contributed by atoms with E-state index in [1.165, 1.54) is 0 Å². The van der Waals surface area contributed by atoms with Crippen molar-refractivity contribution >= 4 is 29.2 Å². The second kappa shape index (κ2) is 6.24. The molecule has 6 nitrogen and oxygen atoms in total. The molecule has 0 spiro atoms. The Morgan fingerprint density at radius 1 is 1.21 bits per heavy atom. The Morgan fingerprint density at radius 3 is 2.62 bits per heavy atom. The summed E-state index contributed by atoms with van der Waals surface area (Å²) in [5.74, 6) is 0.887. The van der Waals surface area contributed by atoms with Gasteiger partial charge in [0.05, 0.1) is 10.9 Å². The Morgan fingerprint density at radius 2 is 1.96 bits per heavy atom. The van der Waals surface area contributed by atoms with Crippen molar-refractivity contribution in [1.82, 2.24) is 14.8 Å². The first-order valence-corrected chi connectivity index (χ1v) is 8.95. The molecule has 0 N–H and O–H groups in total. The lowest BCUT2D eigenvalue weighted by atomic mass is 10.1. The number of hydrogen-bond donors (Lipinski definition) is 0. The first-order valence-electron chi connectivity index (χ1n) is 8.57. The molecule has 24 heavy (non-hydrogen) atoms. The van der Waals surface area contributed by atoms with Crippen molar-refractivity contribution in [2.75, 3.05) is 37.6 Å². The Balaban J connectivity index is 1.35. The maximum absolute atomic E-state index is 12.7. The van der Waals surface area contributed by atoms with Crippen LogP contribution in [0.15, 0.2) is 18.3 Å². The summed E-state index contributed by atoms with van der Waals surface area (Å²) < 4.78 is 0. The van der Waals surface area contributed by atoms with Crippen molar-refractivity contribution < 1.29 is 9.59 Å². The molecule has 128 valence electrons. The number of carbonyl (C=O) groups excluding carboxylic acids is 2. The van der Waals surface area contributed by atoms with Crippen LogP contribution >= 0.6 is 11.6 Å². The van der Waals surface area contributed by atoms with Gasteiger partial charge in [-0.15, -0.1) is 0 Å². The van der Waals surface area contributed by atoms with Crippen LogP contribution in [0.5, 0.6) is 0 Å². The molecule has 0 radical (unpaired) electrons. The highest BCUT2D eigenvalue weighted by molar-refractivity contribution is 6.32. The maximum atomic E-state index is 12.7. The van der Waals surface area contributed by atoms with Crippen LogP contribution in [0.1, 0.15) is 19.3 Å². The third-order valence-corrected chi connectivity index (χ3v) is 5.42. The zero-order chi connectivity index (χ0) is 16.7. The van der Waals surface area contributed by atoms with Crippen molar-refractivity contribution in [3.63, 3.8) is 0 Å².